The minimum Gasteiger partial charge on any atom is -0.459 e. The molecule has 2 heterocycles. The summed E-state index contributed by atoms with van der Waals surface area (Å²) >= 11 is 1.19. The molecule has 0 aliphatic carbocycles. The Morgan fingerprint density at radius 1 is 1.35 bits per heavy atom. The third-order valence-corrected chi connectivity index (χ3v) is 3.51. The van der Waals surface area contributed by atoms with E-state index in [0.29, 0.717) is 11.0 Å². The molecule has 0 saturated carbocycles. The second-order valence-electron chi connectivity index (χ2n) is 4.19. The van der Waals surface area contributed by atoms with E-state index in [-0.39, 0.29) is 12.5 Å². The molecule has 17 heavy (non-hydrogen) atoms. The van der Waals surface area contributed by atoms with Gasteiger partial charge in [-0.1, -0.05) is 12.8 Å². The summed E-state index contributed by atoms with van der Waals surface area (Å²) in [4.78, 5) is 17.8. The van der Waals surface area contributed by atoms with Crippen LogP contribution in [0.3, 0.4) is 0 Å². The minimum absolute atomic E-state index is 0.0553. The zero-order chi connectivity index (χ0) is 12.1. The van der Waals surface area contributed by atoms with E-state index in [1.54, 1.807) is 6.92 Å². The van der Waals surface area contributed by atoms with Gasteiger partial charge in [0.05, 0.1) is 0 Å². The Kier molecular flexibility index (Phi) is 4.30. The van der Waals surface area contributed by atoms with E-state index >= 15 is 0 Å². The topological polar surface area (TPSA) is 55.3 Å². The zero-order valence-electron chi connectivity index (χ0n) is 10.0. The number of nitrogens with zero attached hydrogens (tertiary/aromatic N) is 3. The number of hydrogen-bond acceptors (Lipinski definition) is 5. The summed E-state index contributed by atoms with van der Waals surface area (Å²) in [6.45, 7) is 3.60. The number of rotatable bonds is 3. The van der Waals surface area contributed by atoms with Gasteiger partial charge in [0, 0.05) is 24.6 Å². The molecule has 1 aromatic heterocycles. The fourth-order valence-corrected chi connectivity index (χ4v) is 2.41. The van der Waals surface area contributed by atoms with Gasteiger partial charge in [0.25, 0.3) is 11.1 Å². The highest BCUT2D eigenvalue weighted by Gasteiger charge is 2.16. The zero-order valence-corrected chi connectivity index (χ0v) is 10.8. The first-order chi connectivity index (χ1) is 8.25. The monoisotopic (exact) mass is 255 g/mol. The second kappa shape index (κ2) is 5.95. The number of carbonyl (C=O) groups is 1. The molecule has 94 valence electrons. The summed E-state index contributed by atoms with van der Waals surface area (Å²) in [5, 5.41) is 0.477. The Morgan fingerprint density at radius 2 is 2.06 bits per heavy atom. The van der Waals surface area contributed by atoms with Crippen LogP contribution < -0.4 is 4.74 Å². The van der Waals surface area contributed by atoms with Crippen molar-refractivity contribution in [1.82, 2.24) is 14.3 Å². The maximum atomic E-state index is 11.9. The van der Waals surface area contributed by atoms with Crippen molar-refractivity contribution in [3.8, 4) is 5.19 Å². The maximum absolute atomic E-state index is 11.9. The van der Waals surface area contributed by atoms with Crippen molar-refractivity contribution >= 4 is 17.4 Å². The molecule has 0 bridgehead atoms. The molecule has 1 amide bonds. The van der Waals surface area contributed by atoms with Crippen LogP contribution in [0.5, 0.6) is 5.19 Å². The van der Waals surface area contributed by atoms with Crippen molar-refractivity contribution in [3.63, 3.8) is 0 Å². The highest BCUT2D eigenvalue weighted by atomic mass is 32.1. The van der Waals surface area contributed by atoms with E-state index < -0.39 is 0 Å². The summed E-state index contributed by atoms with van der Waals surface area (Å²) in [7, 11) is 0. The fraction of sp³-hybridized carbons (Fsp3) is 0.727. The van der Waals surface area contributed by atoms with Gasteiger partial charge in [0.1, 0.15) is 5.82 Å². The number of likely N-dealkylation sites (tertiary alicyclic amines) is 1. The standard InChI is InChI=1S/C11H17N3O2S/c1-9-12-11(17-13-9)16-8-10(15)14-6-4-2-3-5-7-14/h2-8H2,1H3. The SMILES string of the molecule is Cc1nsc(OCC(=O)N2CCCCCC2)n1. The summed E-state index contributed by atoms with van der Waals surface area (Å²) in [5.74, 6) is 0.743. The van der Waals surface area contributed by atoms with Crippen molar-refractivity contribution in [2.45, 2.75) is 32.6 Å². The lowest BCUT2D eigenvalue weighted by molar-refractivity contribution is -0.133. The van der Waals surface area contributed by atoms with Gasteiger partial charge in [0.2, 0.25) is 0 Å². The van der Waals surface area contributed by atoms with Crippen molar-refractivity contribution in [1.29, 1.82) is 0 Å². The van der Waals surface area contributed by atoms with Crippen LogP contribution in [0.1, 0.15) is 31.5 Å². The lowest BCUT2D eigenvalue weighted by atomic mass is 10.2. The first-order valence-electron chi connectivity index (χ1n) is 5.96. The Bertz CT molecular complexity index is 373. The van der Waals surface area contributed by atoms with Crippen molar-refractivity contribution in [2.75, 3.05) is 19.7 Å². The number of aromatic nitrogens is 2. The van der Waals surface area contributed by atoms with Crippen LogP contribution in [0, 0.1) is 6.92 Å². The molecule has 0 radical (unpaired) electrons. The van der Waals surface area contributed by atoms with E-state index in [1.165, 1.54) is 24.4 Å². The molecule has 1 aliphatic rings. The largest absolute Gasteiger partial charge is 0.459 e. The predicted molar refractivity (Wildman–Crippen MR) is 65.2 cm³/mol. The summed E-state index contributed by atoms with van der Waals surface area (Å²) in [5.41, 5.74) is 0. The van der Waals surface area contributed by atoms with Gasteiger partial charge in [-0.15, -0.1) is 0 Å². The molecule has 0 aromatic carbocycles. The van der Waals surface area contributed by atoms with E-state index in [2.05, 4.69) is 9.36 Å². The summed E-state index contributed by atoms with van der Waals surface area (Å²) in [6, 6.07) is 0. The molecule has 0 atom stereocenters. The van der Waals surface area contributed by atoms with Crippen LogP contribution in [-0.2, 0) is 4.79 Å². The molecule has 6 heteroatoms. The van der Waals surface area contributed by atoms with Crippen LogP contribution in [0.25, 0.3) is 0 Å². The number of ether oxygens (including phenoxy) is 1. The molecule has 1 aliphatic heterocycles. The van der Waals surface area contributed by atoms with E-state index in [9.17, 15) is 4.79 Å². The van der Waals surface area contributed by atoms with Crippen LogP contribution in [0.4, 0.5) is 0 Å². The van der Waals surface area contributed by atoms with Gasteiger partial charge in [-0.2, -0.15) is 9.36 Å². The smallest absolute Gasteiger partial charge is 0.293 e. The third kappa shape index (κ3) is 3.66. The average Bonchev–Trinajstić information content (AvgIpc) is 2.58. The number of aryl methyl sites for hydroxylation is 1. The highest BCUT2D eigenvalue weighted by molar-refractivity contribution is 7.07. The van der Waals surface area contributed by atoms with Crippen LogP contribution in [0.15, 0.2) is 0 Å². The van der Waals surface area contributed by atoms with Crippen molar-refractivity contribution in [3.05, 3.63) is 5.82 Å². The molecular weight excluding hydrogens is 238 g/mol. The first-order valence-corrected chi connectivity index (χ1v) is 6.74. The highest BCUT2D eigenvalue weighted by Crippen LogP contribution is 2.14. The molecule has 0 unspecified atom stereocenters. The van der Waals surface area contributed by atoms with Gasteiger partial charge in [-0.3, -0.25) is 4.79 Å². The summed E-state index contributed by atoms with van der Waals surface area (Å²) in [6.07, 6.45) is 4.65. The molecular formula is C11H17N3O2S. The molecule has 1 fully saturated rings. The number of hydrogen-bond donors (Lipinski definition) is 0. The van der Waals surface area contributed by atoms with Crippen LogP contribution in [-0.4, -0.2) is 39.9 Å². The maximum Gasteiger partial charge on any atom is 0.293 e. The second-order valence-corrected chi connectivity index (χ2v) is 4.91. The molecule has 0 N–H and O–H groups in total. The van der Waals surface area contributed by atoms with Gasteiger partial charge < -0.3 is 9.64 Å². The van der Waals surface area contributed by atoms with Gasteiger partial charge in [-0.05, 0) is 19.8 Å². The molecule has 0 spiro atoms. The van der Waals surface area contributed by atoms with Crippen molar-refractivity contribution in [2.24, 2.45) is 0 Å². The third-order valence-electron chi connectivity index (χ3n) is 2.79. The van der Waals surface area contributed by atoms with E-state index in [4.69, 9.17) is 4.74 Å². The normalized spacial score (nSPS) is 16.6. The summed E-state index contributed by atoms with van der Waals surface area (Å²) < 4.78 is 9.34. The average molecular weight is 255 g/mol. The van der Waals surface area contributed by atoms with Crippen molar-refractivity contribution < 1.29 is 9.53 Å². The molecule has 1 saturated heterocycles. The first kappa shape index (κ1) is 12.3. The van der Waals surface area contributed by atoms with Gasteiger partial charge >= 0.3 is 0 Å². The van der Waals surface area contributed by atoms with Crippen LogP contribution >= 0.6 is 11.5 Å². The lowest BCUT2D eigenvalue weighted by Gasteiger charge is -2.19. The minimum atomic E-state index is 0.0553. The quantitative estimate of drug-likeness (QED) is 0.823. The number of amides is 1. The fourth-order valence-electron chi connectivity index (χ4n) is 1.87. The number of carbonyl (C=O) groups excluding carboxylic acids is 1. The lowest BCUT2D eigenvalue weighted by Crippen LogP contribution is -2.35. The Labute approximate surface area is 105 Å². The predicted octanol–water partition coefficient (Wildman–Crippen LogP) is 1.63. The molecule has 5 nitrogen and oxygen atoms in total. The Morgan fingerprint density at radius 3 is 2.65 bits per heavy atom. The Balaban J connectivity index is 1.79. The van der Waals surface area contributed by atoms with Crippen LogP contribution in [0.2, 0.25) is 0 Å². The van der Waals surface area contributed by atoms with Gasteiger partial charge in [-0.25, -0.2) is 0 Å². The molecule has 2 rings (SSSR count). The molecule has 1 aromatic rings. The van der Waals surface area contributed by atoms with E-state index in [1.807, 2.05) is 4.90 Å². The van der Waals surface area contributed by atoms with E-state index in [0.717, 1.165) is 25.9 Å². The van der Waals surface area contributed by atoms with Gasteiger partial charge in [0.15, 0.2) is 6.61 Å². The Hall–Kier alpha value is -1.17.